The van der Waals surface area contributed by atoms with Crippen molar-refractivity contribution in [1.29, 1.82) is 0 Å². The van der Waals surface area contributed by atoms with Crippen molar-refractivity contribution in [2.45, 2.75) is 65.2 Å². The predicted molar refractivity (Wildman–Crippen MR) is 90.5 cm³/mol. The van der Waals surface area contributed by atoms with Crippen molar-refractivity contribution in [3.8, 4) is 0 Å². The smallest absolute Gasteiger partial charge is 0.257 e. The largest absolute Gasteiger partial charge is 0.277 e. The first-order chi connectivity index (χ1) is 10.7. The van der Waals surface area contributed by atoms with E-state index in [4.69, 9.17) is 0 Å². The molecule has 0 atom stereocenters. The molecule has 1 aliphatic carbocycles. The lowest BCUT2D eigenvalue weighted by Crippen LogP contribution is -2.44. The molecule has 0 radical (unpaired) electrons. The van der Waals surface area contributed by atoms with Crippen LogP contribution in [0.1, 0.15) is 53.5 Å². The zero-order valence-electron chi connectivity index (χ0n) is 14.5. The Hall–Kier alpha value is -1.40. The fourth-order valence-corrected chi connectivity index (χ4v) is 4.78. The van der Waals surface area contributed by atoms with E-state index in [9.17, 15) is 13.2 Å². The summed E-state index contributed by atoms with van der Waals surface area (Å²) in [6, 6.07) is 0. The highest BCUT2D eigenvalue weighted by molar-refractivity contribution is 7.89. The van der Waals surface area contributed by atoms with Crippen LogP contribution in [0.5, 0.6) is 0 Å². The van der Waals surface area contributed by atoms with Crippen molar-refractivity contribution >= 4 is 15.9 Å². The van der Waals surface area contributed by atoms with Gasteiger partial charge in [-0.05, 0) is 75.3 Å². The average molecular weight is 338 g/mol. The van der Waals surface area contributed by atoms with Crippen molar-refractivity contribution in [2.75, 3.05) is 0 Å². The lowest BCUT2D eigenvalue weighted by atomic mass is 9.95. The summed E-state index contributed by atoms with van der Waals surface area (Å²) >= 11 is 0. The highest BCUT2D eigenvalue weighted by Gasteiger charge is 2.27. The summed E-state index contributed by atoms with van der Waals surface area (Å²) in [5, 5.41) is 0. The molecule has 1 aromatic carbocycles. The van der Waals surface area contributed by atoms with Gasteiger partial charge < -0.3 is 0 Å². The lowest BCUT2D eigenvalue weighted by molar-refractivity contribution is -0.125. The molecule has 1 saturated carbocycles. The molecule has 0 heterocycles. The Morgan fingerprint density at radius 3 is 1.78 bits per heavy atom. The van der Waals surface area contributed by atoms with Gasteiger partial charge in [0, 0.05) is 5.92 Å². The van der Waals surface area contributed by atoms with Crippen LogP contribution in [0.3, 0.4) is 0 Å². The SMILES string of the molecule is Cc1c(C)c(C)c(S(=O)(=O)NNC(=O)C2CCCC2)c(C)c1C. The van der Waals surface area contributed by atoms with Crippen molar-refractivity contribution in [3.63, 3.8) is 0 Å². The number of hydrogen-bond donors (Lipinski definition) is 2. The maximum atomic E-state index is 12.7. The zero-order chi connectivity index (χ0) is 17.4. The lowest BCUT2D eigenvalue weighted by Gasteiger charge is -2.19. The van der Waals surface area contributed by atoms with Crippen molar-refractivity contribution in [1.82, 2.24) is 10.3 Å². The number of carbonyl (C=O) groups excluding carboxylic acids is 1. The number of hydrazine groups is 1. The highest BCUT2D eigenvalue weighted by atomic mass is 32.2. The minimum absolute atomic E-state index is 0.0821. The molecule has 23 heavy (non-hydrogen) atoms. The van der Waals surface area contributed by atoms with E-state index in [0.717, 1.165) is 53.5 Å². The van der Waals surface area contributed by atoms with E-state index in [0.29, 0.717) is 0 Å². The molecule has 0 bridgehead atoms. The van der Waals surface area contributed by atoms with Crippen LogP contribution in [0.25, 0.3) is 0 Å². The number of hydrogen-bond acceptors (Lipinski definition) is 3. The second-order valence-electron chi connectivity index (χ2n) is 6.53. The summed E-state index contributed by atoms with van der Waals surface area (Å²) < 4.78 is 25.4. The van der Waals surface area contributed by atoms with Crippen LogP contribution in [-0.4, -0.2) is 14.3 Å². The summed E-state index contributed by atoms with van der Waals surface area (Å²) in [5.74, 6) is -0.316. The van der Waals surface area contributed by atoms with Gasteiger partial charge in [-0.2, -0.15) is 0 Å². The van der Waals surface area contributed by atoms with Crippen LogP contribution in [0.2, 0.25) is 0 Å². The molecule has 0 unspecified atom stereocenters. The molecule has 128 valence electrons. The number of benzene rings is 1. The number of rotatable bonds is 4. The van der Waals surface area contributed by atoms with Gasteiger partial charge in [-0.25, -0.2) is 8.42 Å². The average Bonchev–Trinajstić information content (AvgIpc) is 3.03. The molecule has 5 nitrogen and oxygen atoms in total. The standard InChI is InChI=1S/C17H26N2O3S/c1-10-11(2)13(4)16(14(5)12(10)3)23(21,22)19-18-17(20)15-8-6-7-9-15/h15,19H,6-9H2,1-5H3,(H,18,20). The molecule has 1 aliphatic rings. The molecule has 6 heteroatoms. The van der Waals surface area contributed by atoms with Gasteiger partial charge in [0.1, 0.15) is 0 Å². The number of amides is 1. The first-order valence-corrected chi connectivity index (χ1v) is 9.53. The Bertz CT molecular complexity index is 704. The molecule has 2 N–H and O–H groups in total. The number of sulfonamides is 1. The second kappa shape index (κ2) is 6.61. The van der Waals surface area contributed by atoms with E-state index in [1.807, 2.05) is 34.6 Å². The first kappa shape index (κ1) is 17.9. The molecule has 0 spiro atoms. The van der Waals surface area contributed by atoms with Gasteiger partial charge >= 0.3 is 0 Å². The third-order valence-corrected chi connectivity index (χ3v) is 6.76. The first-order valence-electron chi connectivity index (χ1n) is 8.05. The van der Waals surface area contributed by atoms with Gasteiger partial charge in [-0.1, -0.05) is 12.8 Å². The summed E-state index contributed by atoms with van der Waals surface area (Å²) in [6.07, 6.45) is 3.71. The van der Waals surface area contributed by atoms with Crippen LogP contribution >= 0.6 is 0 Å². The molecule has 2 rings (SSSR count). The van der Waals surface area contributed by atoms with Crippen LogP contribution in [-0.2, 0) is 14.8 Å². The van der Waals surface area contributed by atoms with Gasteiger partial charge in [0.2, 0.25) is 5.91 Å². The fraction of sp³-hybridized carbons (Fsp3) is 0.588. The number of carbonyl (C=O) groups is 1. The molecular formula is C17H26N2O3S. The Morgan fingerprint density at radius 1 is 0.870 bits per heavy atom. The van der Waals surface area contributed by atoms with Crippen molar-refractivity contribution < 1.29 is 13.2 Å². The molecule has 1 fully saturated rings. The highest BCUT2D eigenvalue weighted by Crippen LogP contribution is 2.29. The Labute approximate surface area is 138 Å². The topological polar surface area (TPSA) is 75.3 Å². The zero-order valence-corrected chi connectivity index (χ0v) is 15.4. The van der Waals surface area contributed by atoms with E-state index >= 15 is 0 Å². The fourth-order valence-electron chi connectivity index (χ4n) is 3.33. The van der Waals surface area contributed by atoms with Gasteiger partial charge in [0.05, 0.1) is 4.90 Å². The van der Waals surface area contributed by atoms with Gasteiger partial charge in [0.25, 0.3) is 10.0 Å². The Morgan fingerprint density at radius 2 is 1.30 bits per heavy atom. The van der Waals surface area contributed by atoms with Crippen LogP contribution in [0, 0.1) is 40.5 Å². The Kier molecular flexibility index (Phi) is 5.16. The van der Waals surface area contributed by atoms with Crippen LogP contribution < -0.4 is 10.3 Å². The summed E-state index contributed by atoms with van der Waals surface area (Å²) in [4.78, 5) is 14.6. The predicted octanol–water partition coefficient (Wildman–Crippen LogP) is 2.73. The second-order valence-corrected chi connectivity index (χ2v) is 8.15. The summed E-state index contributed by atoms with van der Waals surface area (Å²) in [6.45, 7) is 9.46. The minimum Gasteiger partial charge on any atom is -0.277 e. The van der Waals surface area contributed by atoms with Gasteiger partial charge in [0.15, 0.2) is 0 Å². The summed E-state index contributed by atoms with van der Waals surface area (Å²) in [7, 11) is -3.79. The van der Waals surface area contributed by atoms with Crippen LogP contribution in [0.4, 0.5) is 0 Å². The molecule has 0 aliphatic heterocycles. The van der Waals surface area contributed by atoms with Crippen LogP contribution in [0.15, 0.2) is 4.90 Å². The molecule has 0 saturated heterocycles. The van der Waals surface area contributed by atoms with E-state index in [2.05, 4.69) is 10.3 Å². The monoisotopic (exact) mass is 338 g/mol. The molecule has 1 amide bonds. The quantitative estimate of drug-likeness (QED) is 0.829. The van der Waals surface area contributed by atoms with E-state index in [1.54, 1.807) is 0 Å². The third kappa shape index (κ3) is 3.43. The minimum atomic E-state index is -3.79. The van der Waals surface area contributed by atoms with Crippen molar-refractivity contribution in [2.24, 2.45) is 5.92 Å². The normalized spacial score (nSPS) is 15.9. The number of nitrogens with one attached hydrogen (secondary N) is 2. The molecule has 1 aromatic rings. The molecular weight excluding hydrogens is 312 g/mol. The van der Waals surface area contributed by atoms with E-state index in [-0.39, 0.29) is 16.7 Å². The van der Waals surface area contributed by atoms with E-state index < -0.39 is 10.0 Å². The van der Waals surface area contributed by atoms with Gasteiger partial charge in [-0.3, -0.25) is 10.2 Å². The van der Waals surface area contributed by atoms with E-state index in [1.165, 1.54) is 0 Å². The van der Waals surface area contributed by atoms with Gasteiger partial charge in [-0.15, -0.1) is 4.83 Å². The Balaban J connectivity index is 2.28. The maximum absolute atomic E-state index is 12.7. The molecule has 0 aromatic heterocycles. The third-order valence-electron chi connectivity index (χ3n) is 5.23. The maximum Gasteiger partial charge on any atom is 0.257 e. The van der Waals surface area contributed by atoms with Crippen molar-refractivity contribution in [3.05, 3.63) is 27.8 Å². The summed E-state index contributed by atoms with van der Waals surface area (Å²) in [5.41, 5.74) is 6.90.